The van der Waals surface area contributed by atoms with Gasteiger partial charge in [0.15, 0.2) is 11.6 Å². The van der Waals surface area contributed by atoms with Crippen molar-refractivity contribution in [1.82, 2.24) is 24.3 Å². The number of hydrogen-bond acceptors (Lipinski definition) is 7. The molecule has 2 amide bonds. The lowest BCUT2D eigenvalue weighted by Crippen LogP contribution is -2.49. The molecule has 2 aliphatic rings. The molecule has 11 nitrogen and oxygen atoms in total. The molecule has 1 N–H and O–H groups in total. The zero-order chi connectivity index (χ0) is 25.4. The zero-order valence-electron chi connectivity index (χ0n) is 21.1. The number of carbonyl (C=O) groups excluding carboxylic acids is 2. The summed E-state index contributed by atoms with van der Waals surface area (Å²) in [5.74, 6) is 1.29. The van der Waals surface area contributed by atoms with Gasteiger partial charge in [0.2, 0.25) is 5.91 Å². The van der Waals surface area contributed by atoms with Crippen molar-refractivity contribution in [3.63, 3.8) is 0 Å². The Hall–Kier alpha value is -3.60. The molecular weight excluding hydrogens is 464 g/mol. The maximum atomic E-state index is 12.4. The molecule has 1 saturated carbocycles. The lowest BCUT2D eigenvalue weighted by molar-refractivity contribution is -0.117. The van der Waals surface area contributed by atoms with Crippen molar-refractivity contribution in [2.45, 2.75) is 45.3 Å². The largest absolute Gasteiger partial charge is 0.487 e. The van der Waals surface area contributed by atoms with E-state index < -0.39 is 5.60 Å². The maximum absolute atomic E-state index is 12.4. The third-order valence-corrected chi connectivity index (χ3v) is 6.06. The van der Waals surface area contributed by atoms with Crippen LogP contribution in [0.4, 0.5) is 10.6 Å². The maximum Gasteiger partial charge on any atom is 0.410 e. The number of pyridine rings is 1. The summed E-state index contributed by atoms with van der Waals surface area (Å²) in [7, 11) is 1.85. The van der Waals surface area contributed by atoms with Crippen LogP contribution in [0.1, 0.15) is 33.6 Å². The van der Waals surface area contributed by atoms with E-state index in [0.29, 0.717) is 31.3 Å². The Bertz CT molecular complexity index is 1270. The third-order valence-electron chi connectivity index (χ3n) is 6.06. The smallest absolute Gasteiger partial charge is 0.410 e. The van der Waals surface area contributed by atoms with Gasteiger partial charge in [-0.05, 0) is 45.7 Å². The van der Waals surface area contributed by atoms with Crippen molar-refractivity contribution < 1.29 is 23.8 Å². The molecule has 0 bridgehead atoms. The topological polar surface area (TPSA) is 112 Å². The molecule has 192 valence electrons. The number of amides is 2. The lowest BCUT2D eigenvalue weighted by atomic mass is 10.1. The van der Waals surface area contributed by atoms with E-state index in [1.54, 1.807) is 20.3 Å². The van der Waals surface area contributed by atoms with E-state index in [1.165, 1.54) is 0 Å². The molecule has 2 fully saturated rings. The minimum atomic E-state index is -0.549. The molecule has 0 radical (unpaired) electrons. The Kier molecular flexibility index (Phi) is 6.33. The molecular formula is C25H32N6O5. The van der Waals surface area contributed by atoms with Gasteiger partial charge < -0.3 is 24.4 Å². The highest BCUT2D eigenvalue weighted by atomic mass is 16.6. The molecule has 1 unspecified atom stereocenters. The van der Waals surface area contributed by atoms with E-state index in [2.05, 4.69) is 15.5 Å². The van der Waals surface area contributed by atoms with Gasteiger partial charge >= 0.3 is 6.09 Å². The summed E-state index contributed by atoms with van der Waals surface area (Å²) in [6.07, 6.45) is 4.77. The van der Waals surface area contributed by atoms with Crippen LogP contribution in [-0.2, 0) is 21.3 Å². The molecule has 3 aromatic rings. The fraction of sp³-hybridized carbons (Fsp3) is 0.520. The van der Waals surface area contributed by atoms with Gasteiger partial charge in [0.1, 0.15) is 24.0 Å². The Balaban J connectivity index is 1.26. The quantitative estimate of drug-likeness (QED) is 0.558. The number of nitrogens with one attached hydrogen (secondary N) is 1. The molecule has 1 aliphatic carbocycles. The summed E-state index contributed by atoms with van der Waals surface area (Å²) in [6.45, 7) is 7.11. The van der Waals surface area contributed by atoms with Crippen LogP contribution in [-0.4, -0.2) is 74.3 Å². The van der Waals surface area contributed by atoms with Gasteiger partial charge in [-0.15, -0.1) is 0 Å². The normalized spacial score (nSPS) is 18.3. The average Bonchev–Trinajstić information content (AvgIpc) is 3.50. The van der Waals surface area contributed by atoms with Crippen LogP contribution in [0.25, 0.3) is 16.8 Å². The van der Waals surface area contributed by atoms with Crippen LogP contribution < -0.4 is 10.1 Å². The summed E-state index contributed by atoms with van der Waals surface area (Å²) in [4.78, 5) is 26.2. The summed E-state index contributed by atoms with van der Waals surface area (Å²) >= 11 is 0. The van der Waals surface area contributed by atoms with Gasteiger partial charge in [0.25, 0.3) is 0 Å². The Labute approximate surface area is 209 Å². The summed E-state index contributed by atoms with van der Waals surface area (Å²) in [6, 6.07) is 5.75. The summed E-state index contributed by atoms with van der Waals surface area (Å²) in [5, 5.41) is 11.7. The number of aromatic nitrogens is 4. The lowest BCUT2D eigenvalue weighted by Gasteiger charge is -2.34. The highest BCUT2D eigenvalue weighted by Gasteiger charge is 2.30. The number of morpholine rings is 1. The number of hydrogen-bond donors (Lipinski definition) is 1. The Morgan fingerprint density at radius 2 is 2.06 bits per heavy atom. The first-order valence-electron chi connectivity index (χ1n) is 12.2. The molecule has 4 heterocycles. The van der Waals surface area contributed by atoms with Gasteiger partial charge in [0, 0.05) is 37.3 Å². The van der Waals surface area contributed by atoms with Crippen molar-refractivity contribution in [2.75, 3.05) is 31.6 Å². The second-order valence-electron chi connectivity index (χ2n) is 10.3. The van der Waals surface area contributed by atoms with E-state index in [-0.39, 0.29) is 30.6 Å². The Morgan fingerprint density at radius 1 is 1.25 bits per heavy atom. The first-order chi connectivity index (χ1) is 17.2. The first kappa shape index (κ1) is 24.1. The van der Waals surface area contributed by atoms with E-state index in [1.807, 2.05) is 52.2 Å². The van der Waals surface area contributed by atoms with E-state index >= 15 is 0 Å². The first-order valence-corrected chi connectivity index (χ1v) is 12.2. The second-order valence-corrected chi connectivity index (χ2v) is 10.3. The third kappa shape index (κ3) is 5.46. The highest BCUT2D eigenvalue weighted by Crippen LogP contribution is 2.32. The molecule has 1 atom stereocenters. The Morgan fingerprint density at radius 3 is 2.81 bits per heavy atom. The fourth-order valence-corrected chi connectivity index (χ4v) is 4.12. The van der Waals surface area contributed by atoms with E-state index in [4.69, 9.17) is 14.2 Å². The van der Waals surface area contributed by atoms with Crippen molar-refractivity contribution in [2.24, 2.45) is 13.0 Å². The van der Waals surface area contributed by atoms with E-state index in [9.17, 15) is 9.59 Å². The van der Waals surface area contributed by atoms with Gasteiger partial charge in [-0.1, -0.05) is 0 Å². The van der Waals surface area contributed by atoms with E-state index in [0.717, 1.165) is 29.6 Å². The molecule has 1 aliphatic heterocycles. The predicted molar refractivity (Wildman–Crippen MR) is 132 cm³/mol. The molecule has 1 saturated heterocycles. The highest BCUT2D eigenvalue weighted by molar-refractivity contribution is 5.93. The van der Waals surface area contributed by atoms with Gasteiger partial charge in [0.05, 0.1) is 24.9 Å². The number of aryl methyl sites for hydroxylation is 1. The molecule has 36 heavy (non-hydrogen) atoms. The molecule has 0 aromatic carbocycles. The fourth-order valence-electron chi connectivity index (χ4n) is 4.12. The monoisotopic (exact) mass is 496 g/mol. The van der Waals surface area contributed by atoms with Crippen LogP contribution in [0, 0.1) is 5.92 Å². The van der Waals surface area contributed by atoms with Gasteiger partial charge in [-0.3, -0.25) is 9.48 Å². The molecule has 5 rings (SSSR count). The zero-order valence-corrected chi connectivity index (χ0v) is 21.1. The minimum absolute atomic E-state index is 0.0242. The van der Waals surface area contributed by atoms with Crippen LogP contribution in [0.3, 0.4) is 0 Å². The van der Waals surface area contributed by atoms with Crippen molar-refractivity contribution in [3.8, 4) is 17.0 Å². The minimum Gasteiger partial charge on any atom is -0.487 e. The second kappa shape index (κ2) is 9.45. The van der Waals surface area contributed by atoms with Gasteiger partial charge in [-0.25, -0.2) is 9.31 Å². The van der Waals surface area contributed by atoms with Crippen molar-refractivity contribution in [1.29, 1.82) is 0 Å². The molecule has 0 spiro atoms. The van der Waals surface area contributed by atoms with Crippen LogP contribution in [0.15, 0.2) is 30.6 Å². The average molecular weight is 497 g/mol. The SMILES string of the molecule is Cn1ncc(OCC2CN(C(=O)OC(C)(C)C)CCO2)c1-c1ccn2nc(NC(=O)C3CC3)cc2c1. The summed E-state index contributed by atoms with van der Waals surface area (Å²) < 4.78 is 20.9. The van der Waals surface area contributed by atoms with Gasteiger partial charge in [-0.2, -0.15) is 10.2 Å². The molecule has 11 heteroatoms. The number of nitrogens with zero attached hydrogens (tertiary/aromatic N) is 5. The molecule has 3 aromatic heterocycles. The van der Waals surface area contributed by atoms with Crippen LogP contribution in [0.2, 0.25) is 0 Å². The van der Waals surface area contributed by atoms with Crippen LogP contribution in [0.5, 0.6) is 5.75 Å². The van der Waals surface area contributed by atoms with Crippen molar-refractivity contribution >= 4 is 23.3 Å². The predicted octanol–water partition coefficient (Wildman–Crippen LogP) is 3.10. The number of fused-ring (bicyclic) bond motifs is 1. The summed E-state index contributed by atoms with van der Waals surface area (Å²) in [5.41, 5.74) is 2.00. The number of ether oxygens (including phenoxy) is 3. The van der Waals surface area contributed by atoms with Crippen molar-refractivity contribution in [3.05, 3.63) is 30.6 Å². The standard InChI is InChI=1S/C25H32N6O5/c1-25(2,3)36-24(33)30-9-10-34-19(14-30)15-35-20-13-26-29(4)22(20)17-7-8-31-18(11-17)12-21(28-31)27-23(32)16-5-6-16/h7-8,11-13,16,19H,5-6,9-10,14-15H2,1-4H3,(H,27,28,32). The van der Waals surface area contributed by atoms with Crippen LogP contribution >= 0.6 is 0 Å². The number of rotatable bonds is 6. The number of anilines is 1. The number of carbonyl (C=O) groups is 2.